The minimum absolute atomic E-state index is 0. The number of aliphatic imine (C=N–C) groups is 1. The molecule has 0 radical (unpaired) electrons. The van der Waals surface area contributed by atoms with Gasteiger partial charge in [-0.05, 0) is 31.7 Å². The molecule has 1 aromatic carbocycles. The maximum Gasteiger partial charge on any atom is 0.390 e. The number of ether oxygens (including phenoxy) is 1. The van der Waals surface area contributed by atoms with Crippen molar-refractivity contribution in [2.75, 3.05) is 32.8 Å². The lowest BCUT2D eigenvalue weighted by molar-refractivity contribution is -0.132. The normalized spacial score (nSPS) is 11.8. The van der Waals surface area contributed by atoms with E-state index in [1.165, 1.54) is 5.56 Å². The van der Waals surface area contributed by atoms with Crippen LogP contribution < -0.4 is 10.6 Å². The SMILES string of the molecule is CCNC(=NCCCCOCCc1ccccc1)NCCC(F)(F)F.I. The van der Waals surface area contributed by atoms with Gasteiger partial charge in [0.15, 0.2) is 5.96 Å². The van der Waals surface area contributed by atoms with Gasteiger partial charge in [0, 0.05) is 26.2 Å². The fourth-order valence-corrected chi connectivity index (χ4v) is 2.11. The second-order valence-electron chi connectivity index (χ2n) is 5.61. The van der Waals surface area contributed by atoms with Gasteiger partial charge in [-0.2, -0.15) is 13.2 Å². The van der Waals surface area contributed by atoms with E-state index in [1.807, 2.05) is 25.1 Å². The third-order valence-corrected chi connectivity index (χ3v) is 3.39. The molecule has 150 valence electrons. The fourth-order valence-electron chi connectivity index (χ4n) is 2.11. The average Bonchev–Trinajstić information content (AvgIpc) is 2.57. The van der Waals surface area contributed by atoms with Crippen molar-refractivity contribution in [1.82, 2.24) is 10.6 Å². The Morgan fingerprint density at radius 1 is 1.08 bits per heavy atom. The first-order valence-corrected chi connectivity index (χ1v) is 8.72. The van der Waals surface area contributed by atoms with Crippen LogP contribution in [0, 0.1) is 0 Å². The first kappa shape index (κ1) is 25.0. The summed E-state index contributed by atoms with van der Waals surface area (Å²) in [5.74, 6) is 0.428. The maximum absolute atomic E-state index is 12.1. The zero-order valence-corrected chi connectivity index (χ0v) is 17.5. The van der Waals surface area contributed by atoms with E-state index in [2.05, 4.69) is 27.8 Å². The first-order chi connectivity index (χ1) is 12.0. The largest absolute Gasteiger partial charge is 0.390 e. The molecule has 0 saturated carbocycles. The van der Waals surface area contributed by atoms with Gasteiger partial charge in [0.05, 0.1) is 13.0 Å². The Balaban J connectivity index is 0.00000625. The highest BCUT2D eigenvalue weighted by Gasteiger charge is 2.26. The lowest BCUT2D eigenvalue weighted by Gasteiger charge is -2.12. The van der Waals surface area contributed by atoms with Gasteiger partial charge < -0.3 is 15.4 Å². The monoisotopic (exact) mass is 487 g/mol. The van der Waals surface area contributed by atoms with E-state index in [1.54, 1.807) is 0 Å². The van der Waals surface area contributed by atoms with Gasteiger partial charge in [-0.25, -0.2) is 0 Å². The summed E-state index contributed by atoms with van der Waals surface area (Å²) in [6, 6.07) is 10.2. The Kier molecular flexibility index (Phi) is 14.5. The van der Waals surface area contributed by atoms with Gasteiger partial charge in [-0.15, -0.1) is 24.0 Å². The van der Waals surface area contributed by atoms with E-state index in [9.17, 15) is 13.2 Å². The molecule has 0 atom stereocenters. The molecule has 2 N–H and O–H groups in total. The van der Waals surface area contributed by atoms with E-state index in [0.717, 1.165) is 19.3 Å². The van der Waals surface area contributed by atoms with Crippen molar-refractivity contribution in [2.45, 2.75) is 38.8 Å². The number of nitrogens with one attached hydrogen (secondary N) is 2. The van der Waals surface area contributed by atoms with Gasteiger partial charge in [-0.1, -0.05) is 30.3 Å². The number of guanidine groups is 1. The highest BCUT2D eigenvalue weighted by atomic mass is 127. The summed E-state index contributed by atoms with van der Waals surface area (Å²) in [5.41, 5.74) is 1.26. The quantitative estimate of drug-likeness (QED) is 0.214. The van der Waals surface area contributed by atoms with E-state index in [0.29, 0.717) is 32.3 Å². The van der Waals surface area contributed by atoms with Crippen molar-refractivity contribution in [1.29, 1.82) is 0 Å². The van der Waals surface area contributed by atoms with Crippen molar-refractivity contribution in [3.05, 3.63) is 35.9 Å². The predicted molar refractivity (Wildman–Crippen MR) is 110 cm³/mol. The standard InChI is InChI=1S/C18H28F3N3O.HI/c1-2-22-17(24-13-11-18(19,20)21)23-12-6-7-14-25-15-10-16-8-4-3-5-9-16;/h3-5,8-9H,2,6-7,10-15H2,1H3,(H2,22,23,24);1H. The maximum atomic E-state index is 12.1. The minimum Gasteiger partial charge on any atom is -0.381 e. The Hall–Kier alpha value is -1.03. The van der Waals surface area contributed by atoms with Crippen LogP contribution in [-0.2, 0) is 11.2 Å². The molecule has 1 rings (SSSR count). The number of hydrogen-bond acceptors (Lipinski definition) is 2. The second kappa shape index (κ2) is 15.1. The number of halogens is 4. The zero-order valence-electron chi connectivity index (χ0n) is 15.1. The molecule has 0 heterocycles. The average molecular weight is 487 g/mol. The number of benzene rings is 1. The summed E-state index contributed by atoms with van der Waals surface area (Å²) in [6.45, 7) is 4.23. The molecule has 0 amide bonds. The number of unbranched alkanes of at least 4 members (excludes halogenated alkanes) is 1. The molecule has 0 bridgehead atoms. The van der Waals surface area contributed by atoms with Crippen molar-refractivity contribution < 1.29 is 17.9 Å². The van der Waals surface area contributed by atoms with E-state index in [-0.39, 0.29) is 30.5 Å². The minimum atomic E-state index is -4.15. The van der Waals surface area contributed by atoms with Crippen LogP contribution in [-0.4, -0.2) is 45.0 Å². The summed E-state index contributed by atoms with van der Waals surface area (Å²) in [6.07, 6.45) is -2.41. The number of alkyl halides is 3. The molecule has 8 heteroatoms. The van der Waals surface area contributed by atoms with Gasteiger partial charge >= 0.3 is 6.18 Å². The molecule has 0 unspecified atom stereocenters. The third kappa shape index (κ3) is 14.2. The molecule has 0 aromatic heterocycles. The molecule has 0 aliphatic rings. The Bertz CT molecular complexity index is 484. The molecule has 0 saturated heterocycles. The van der Waals surface area contributed by atoms with Gasteiger partial charge in [0.25, 0.3) is 0 Å². The summed E-state index contributed by atoms with van der Waals surface area (Å²) in [5, 5.41) is 5.63. The zero-order chi connectivity index (χ0) is 18.4. The Labute approximate surface area is 171 Å². The van der Waals surface area contributed by atoms with E-state index < -0.39 is 12.6 Å². The molecular formula is C18H29F3IN3O. The number of hydrogen-bond donors (Lipinski definition) is 2. The van der Waals surface area contributed by atoms with Gasteiger partial charge in [0.2, 0.25) is 0 Å². The molecule has 1 aromatic rings. The van der Waals surface area contributed by atoms with Crippen LogP contribution in [0.3, 0.4) is 0 Å². The van der Waals surface area contributed by atoms with Crippen LogP contribution in [0.1, 0.15) is 31.7 Å². The molecule has 26 heavy (non-hydrogen) atoms. The highest BCUT2D eigenvalue weighted by molar-refractivity contribution is 14.0. The Morgan fingerprint density at radius 2 is 1.81 bits per heavy atom. The van der Waals surface area contributed by atoms with Crippen LogP contribution in [0.5, 0.6) is 0 Å². The van der Waals surface area contributed by atoms with Crippen LogP contribution >= 0.6 is 24.0 Å². The topological polar surface area (TPSA) is 45.7 Å². The van der Waals surface area contributed by atoms with Crippen molar-refractivity contribution >= 4 is 29.9 Å². The molecule has 0 fully saturated rings. The van der Waals surface area contributed by atoms with Crippen LogP contribution in [0.2, 0.25) is 0 Å². The molecule has 0 aliphatic heterocycles. The van der Waals surface area contributed by atoms with Crippen molar-refractivity contribution in [2.24, 2.45) is 4.99 Å². The van der Waals surface area contributed by atoms with Crippen LogP contribution in [0.15, 0.2) is 35.3 Å². The smallest absolute Gasteiger partial charge is 0.381 e. The number of nitrogens with zero attached hydrogens (tertiary/aromatic N) is 1. The fraction of sp³-hybridized carbons (Fsp3) is 0.611. The van der Waals surface area contributed by atoms with E-state index in [4.69, 9.17) is 4.74 Å². The van der Waals surface area contributed by atoms with Crippen LogP contribution in [0.25, 0.3) is 0 Å². The summed E-state index contributed by atoms with van der Waals surface area (Å²) >= 11 is 0. The number of rotatable bonds is 11. The first-order valence-electron chi connectivity index (χ1n) is 8.72. The van der Waals surface area contributed by atoms with Crippen molar-refractivity contribution in [3.63, 3.8) is 0 Å². The van der Waals surface area contributed by atoms with Gasteiger partial charge in [-0.3, -0.25) is 4.99 Å². The molecule has 4 nitrogen and oxygen atoms in total. The predicted octanol–water partition coefficient (Wildman–Crippen LogP) is 4.15. The molecular weight excluding hydrogens is 458 g/mol. The second-order valence-corrected chi connectivity index (χ2v) is 5.61. The molecule has 0 aliphatic carbocycles. The third-order valence-electron chi connectivity index (χ3n) is 3.39. The van der Waals surface area contributed by atoms with Crippen molar-refractivity contribution in [3.8, 4) is 0 Å². The van der Waals surface area contributed by atoms with Crippen LogP contribution in [0.4, 0.5) is 13.2 Å². The summed E-state index contributed by atoms with van der Waals surface area (Å²) < 4.78 is 42.0. The Morgan fingerprint density at radius 3 is 2.46 bits per heavy atom. The summed E-state index contributed by atoms with van der Waals surface area (Å²) in [7, 11) is 0. The lowest BCUT2D eigenvalue weighted by atomic mass is 10.2. The summed E-state index contributed by atoms with van der Waals surface area (Å²) in [4.78, 5) is 4.27. The highest BCUT2D eigenvalue weighted by Crippen LogP contribution is 2.18. The van der Waals surface area contributed by atoms with Gasteiger partial charge in [0.1, 0.15) is 0 Å². The lowest BCUT2D eigenvalue weighted by Crippen LogP contribution is -2.39. The van der Waals surface area contributed by atoms with E-state index >= 15 is 0 Å². The molecule has 0 spiro atoms.